The normalized spacial score (nSPS) is 10.6. The van der Waals surface area contributed by atoms with Gasteiger partial charge in [-0.1, -0.05) is 23.7 Å². The molecule has 3 aromatic rings. The largest absolute Gasteiger partial charge is 0.470 e. The molecule has 8 heteroatoms. The smallest absolute Gasteiger partial charge is 0.251 e. The number of aromatic nitrogens is 2. The number of hydrogen-bond donors (Lipinski definition) is 1. The monoisotopic (exact) mass is 363 g/mol. The summed E-state index contributed by atoms with van der Waals surface area (Å²) >= 11 is 7.28. The summed E-state index contributed by atoms with van der Waals surface area (Å²) in [7, 11) is 0. The number of nitrogens with zero attached hydrogens (tertiary/aromatic N) is 2. The first-order valence-electron chi connectivity index (χ1n) is 6.81. The maximum absolute atomic E-state index is 13.4. The van der Waals surface area contributed by atoms with Gasteiger partial charge >= 0.3 is 0 Å². The predicted octanol–water partition coefficient (Wildman–Crippen LogP) is 3.68. The minimum Gasteiger partial charge on any atom is -0.470 e. The van der Waals surface area contributed by atoms with Gasteiger partial charge in [0.1, 0.15) is 11.6 Å². The fourth-order valence-electron chi connectivity index (χ4n) is 1.95. The first-order valence-corrected chi connectivity index (χ1v) is 8.07. The lowest BCUT2D eigenvalue weighted by molar-refractivity contribution is 0.0995. The second kappa shape index (κ2) is 6.94. The molecule has 0 saturated heterocycles. The lowest BCUT2D eigenvalue weighted by atomic mass is 10.2. The molecule has 0 aliphatic heterocycles. The number of nitrogens with two attached hydrogens (primary N) is 1. The number of halogens is 2. The van der Waals surface area contributed by atoms with Gasteiger partial charge in [0.05, 0.1) is 17.5 Å². The molecule has 2 heterocycles. The van der Waals surface area contributed by atoms with Crippen LogP contribution in [0.25, 0.3) is 11.3 Å². The van der Waals surface area contributed by atoms with E-state index in [2.05, 4.69) is 9.97 Å². The van der Waals surface area contributed by atoms with Crippen LogP contribution < -0.4 is 10.5 Å². The van der Waals surface area contributed by atoms with Gasteiger partial charge in [0.2, 0.25) is 5.88 Å². The Hall–Kier alpha value is -2.51. The molecule has 24 heavy (non-hydrogen) atoms. The molecular formula is C16H11ClFN3O2S. The lowest BCUT2D eigenvalue weighted by Crippen LogP contribution is -2.13. The molecule has 3 rings (SSSR count). The van der Waals surface area contributed by atoms with Crippen molar-refractivity contribution in [2.45, 2.75) is 6.61 Å². The third-order valence-corrected chi connectivity index (χ3v) is 4.21. The van der Waals surface area contributed by atoms with Crippen molar-refractivity contribution in [1.82, 2.24) is 9.97 Å². The summed E-state index contributed by atoms with van der Waals surface area (Å²) in [4.78, 5) is 19.3. The first-order chi connectivity index (χ1) is 11.5. The second-order valence-corrected chi connectivity index (χ2v) is 6.17. The molecule has 1 amide bonds. The van der Waals surface area contributed by atoms with E-state index in [1.807, 2.05) is 17.5 Å². The molecule has 122 valence electrons. The van der Waals surface area contributed by atoms with Crippen LogP contribution in [0, 0.1) is 5.82 Å². The van der Waals surface area contributed by atoms with E-state index >= 15 is 0 Å². The zero-order valence-corrected chi connectivity index (χ0v) is 13.8. The van der Waals surface area contributed by atoms with E-state index < -0.39 is 11.7 Å². The van der Waals surface area contributed by atoms with Crippen LogP contribution >= 0.6 is 22.9 Å². The minimum absolute atomic E-state index is 0.105. The summed E-state index contributed by atoms with van der Waals surface area (Å²) < 4.78 is 18.8. The van der Waals surface area contributed by atoms with Gasteiger partial charge in [0, 0.05) is 22.0 Å². The van der Waals surface area contributed by atoms with Crippen molar-refractivity contribution < 1.29 is 13.9 Å². The Bertz CT molecular complexity index is 883. The van der Waals surface area contributed by atoms with E-state index in [-0.39, 0.29) is 18.1 Å². The summed E-state index contributed by atoms with van der Waals surface area (Å²) in [5, 5.41) is 3.27. The number of pyridine rings is 1. The quantitative estimate of drug-likeness (QED) is 0.750. The average molecular weight is 364 g/mol. The molecule has 0 aliphatic rings. The number of carbonyl (C=O) groups is 1. The Balaban J connectivity index is 1.71. The molecule has 2 aromatic heterocycles. The predicted molar refractivity (Wildman–Crippen MR) is 89.6 cm³/mol. The molecule has 0 bridgehead atoms. The molecule has 0 saturated carbocycles. The van der Waals surface area contributed by atoms with Crippen molar-refractivity contribution in [3.63, 3.8) is 0 Å². The van der Waals surface area contributed by atoms with E-state index in [4.69, 9.17) is 22.1 Å². The van der Waals surface area contributed by atoms with E-state index in [9.17, 15) is 9.18 Å². The lowest BCUT2D eigenvalue weighted by Gasteiger charge is -2.04. The molecule has 2 N–H and O–H groups in total. The minimum atomic E-state index is -0.876. The molecule has 0 unspecified atom stereocenters. The molecule has 0 radical (unpaired) electrons. The topological polar surface area (TPSA) is 78.1 Å². The number of amides is 1. The van der Waals surface area contributed by atoms with Crippen molar-refractivity contribution in [2.75, 3.05) is 0 Å². The summed E-state index contributed by atoms with van der Waals surface area (Å²) in [6.45, 7) is 0.148. The standard InChI is InChI=1S/C16H11ClFN3O2S/c17-10-3-1-9(2-4-10)13-8-24-15(21-13)7-23-14-5-11(16(19)22)12(18)6-20-14/h1-6,8H,7H2,(H2,19,22). The van der Waals surface area contributed by atoms with Crippen molar-refractivity contribution in [2.24, 2.45) is 5.73 Å². The Kier molecular flexibility index (Phi) is 4.73. The van der Waals surface area contributed by atoms with Crippen LogP contribution in [0.5, 0.6) is 5.88 Å². The van der Waals surface area contributed by atoms with E-state index in [0.717, 1.165) is 17.5 Å². The van der Waals surface area contributed by atoms with E-state index in [1.165, 1.54) is 17.4 Å². The summed E-state index contributed by atoms with van der Waals surface area (Å²) in [6.07, 6.45) is 0.899. The second-order valence-electron chi connectivity index (χ2n) is 4.79. The molecule has 0 aliphatic carbocycles. The van der Waals surface area contributed by atoms with Gasteiger partial charge in [0.15, 0.2) is 5.82 Å². The molecule has 1 aromatic carbocycles. The maximum Gasteiger partial charge on any atom is 0.251 e. The van der Waals surface area contributed by atoms with Crippen LogP contribution in [0.15, 0.2) is 41.9 Å². The highest BCUT2D eigenvalue weighted by molar-refractivity contribution is 7.09. The van der Waals surface area contributed by atoms with Crippen LogP contribution in [-0.4, -0.2) is 15.9 Å². The van der Waals surface area contributed by atoms with Crippen molar-refractivity contribution in [3.8, 4) is 17.1 Å². The van der Waals surface area contributed by atoms with E-state index in [0.29, 0.717) is 10.0 Å². The van der Waals surface area contributed by atoms with Crippen LogP contribution in [0.1, 0.15) is 15.4 Å². The number of thiazole rings is 1. The Morgan fingerprint density at radius 1 is 1.33 bits per heavy atom. The van der Waals surface area contributed by atoms with Crippen molar-refractivity contribution in [3.05, 3.63) is 63.3 Å². The number of rotatable bonds is 5. The first kappa shape index (κ1) is 16.4. The number of hydrogen-bond acceptors (Lipinski definition) is 5. The Labute approximate surface area is 145 Å². The average Bonchev–Trinajstić information content (AvgIpc) is 3.03. The highest BCUT2D eigenvalue weighted by Gasteiger charge is 2.12. The number of primary amides is 1. The van der Waals surface area contributed by atoms with Gasteiger partial charge < -0.3 is 10.5 Å². The summed E-state index contributed by atoms with van der Waals surface area (Å²) in [5.41, 5.74) is 6.57. The van der Waals surface area contributed by atoms with Gasteiger partial charge in [-0.3, -0.25) is 4.79 Å². The Morgan fingerprint density at radius 2 is 2.08 bits per heavy atom. The zero-order valence-electron chi connectivity index (χ0n) is 12.2. The SMILES string of the molecule is NC(=O)c1cc(OCc2nc(-c3ccc(Cl)cc3)cs2)ncc1F. The van der Waals surface area contributed by atoms with Crippen molar-refractivity contribution in [1.29, 1.82) is 0 Å². The number of carbonyl (C=O) groups excluding carboxylic acids is 1. The fourth-order valence-corrected chi connectivity index (χ4v) is 2.79. The highest BCUT2D eigenvalue weighted by Crippen LogP contribution is 2.24. The summed E-state index contributed by atoms with van der Waals surface area (Å²) in [5.74, 6) is -1.55. The molecule has 0 spiro atoms. The fraction of sp³-hybridized carbons (Fsp3) is 0.0625. The number of ether oxygens (including phenoxy) is 1. The van der Waals surface area contributed by atoms with Crippen LogP contribution in [0.4, 0.5) is 4.39 Å². The van der Waals surface area contributed by atoms with Crippen LogP contribution in [0.3, 0.4) is 0 Å². The van der Waals surface area contributed by atoms with Gasteiger partial charge in [-0.2, -0.15) is 0 Å². The highest BCUT2D eigenvalue weighted by atomic mass is 35.5. The third kappa shape index (κ3) is 3.69. The van der Waals surface area contributed by atoms with Gasteiger partial charge in [-0.25, -0.2) is 14.4 Å². The zero-order chi connectivity index (χ0) is 17.1. The van der Waals surface area contributed by atoms with Gasteiger partial charge in [-0.15, -0.1) is 11.3 Å². The van der Waals surface area contributed by atoms with Gasteiger partial charge in [-0.05, 0) is 12.1 Å². The molecule has 0 atom stereocenters. The van der Waals surface area contributed by atoms with Crippen LogP contribution in [0.2, 0.25) is 5.02 Å². The third-order valence-electron chi connectivity index (χ3n) is 3.13. The number of benzene rings is 1. The molecular weight excluding hydrogens is 353 g/mol. The maximum atomic E-state index is 13.4. The summed E-state index contributed by atoms with van der Waals surface area (Å²) in [6, 6.07) is 8.51. The Morgan fingerprint density at radius 3 is 2.79 bits per heavy atom. The molecule has 0 fully saturated rings. The van der Waals surface area contributed by atoms with Gasteiger partial charge in [0.25, 0.3) is 5.91 Å². The van der Waals surface area contributed by atoms with Crippen molar-refractivity contribution >= 4 is 28.8 Å². The van der Waals surface area contributed by atoms with E-state index in [1.54, 1.807) is 12.1 Å². The molecule has 5 nitrogen and oxygen atoms in total. The van der Waals surface area contributed by atoms with Crippen LogP contribution in [-0.2, 0) is 6.61 Å².